The summed E-state index contributed by atoms with van der Waals surface area (Å²) in [6.07, 6.45) is 0.191. The highest BCUT2D eigenvalue weighted by molar-refractivity contribution is 6.02. The first-order valence-electron chi connectivity index (χ1n) is 9.48. The molecule has 1 aromatic heterocycles. The maximum absolute atomic E-state index is 12.7. The molecule has 2 aromatic carbocycles. The molecule has 1 aliphatic rings. The molecule has 4 rings (SSSR count). The summed E-state index contributed by atoms with van der Waals surface area (Å²) >= 11 is 0. The number of nitro groups is 1. The highest BCUT2D eigenvalue weighted by Crippen LogP contribution is 2.26. The number of para-hydroxylation sites is 1. The average molecular weight is 404 g/mol. The van der Waals surface area contributed by atoms with E-state index in [1.807, 2.05) is 31.2 Å². The molecule has 1 aliphatic heterocycles. The minimum absolute atomic E-state index is 0.0435. The van der Waals surface area contributed by atoms with E-state index in [0.29, 0.717) is 22.6 Å². The van der Waals surface area contributed by atoms with Crippen molar-refractivity contribution < 1.29 is 9.72 Å². The zero-order valence-electron chi connectivity index (χ0n) is 16.3. The molecule has 0 saturated heterocycles. The fourth-order valence-electron chi connectivity index (χ4n) is 3.26. The van der Waals surface area contributed by atoms with Crippen molar-refractivity contribution in [2.75, 3.05) is 13.1 Å². The van der Waals surface area contributed by atoms with Crippen LogP contribution in [-0.2, 0) is 6.42 Å². The Kier molecular flexibility index (Phi) is 5.25. The lowest BCUT2D eigenvalue weighted by atomic mass is 10.0. The van der Waals surface area contributed by atoms with Crippen LogP contribution in [0.2, 0.25) is 0 Å². The molecule has 2 heterocycles. The topological polar surface area (TPSA) is 125 Å². The zero-order chi connectivity index (χ0) is 21.1. The highest BCUT2D eigenvalue weighted by atomic mass is 16.6. The maximum Gasteiger partial charge on any atom is 0.293 e. The number of aromatic amines is 1. The van der Waals surface area contributed by atoms with Crippen LogP contribution in [0.25, 0.3) is 10.9 Å². The van der Waals surface area contributed by atoms with Crippen LogP contribution in [0.1, 0.15) is 28.5 Å². The smallest absolute Gasteiger partial charge is 0.293 e. The molecular weight excluding hydrogens is 384 g/mol. The van der Waals surface area contributed by atoms with E-state index < -0.39 is 4.92 Å². The van der Waals surface area contributed by atoms with Gasteiger partial charge < -0.3 is 10.3 Å². The Morgan fingerprint density at radius 2 is 2.07 bits per heavy atom. The number of benzene rings is 2. The van der Waals surface area contributed by atoms with E-state index in [1.165, 1.54) is 6.07 Å². The predicted octanol–water partition coefficient (Wildman–Crippen LogP) is 2.77. The summed E-state index contributed by atoms with van der Waals surface area (Å²) in [6.45, 7) is 3.44. The largest absolute Gasteiger partial charge is 0.353 e. The van der Waals surface area contributed by atoms with Crippen molar-refractivity contribution in [1.82, 2.24) is 15.7 Å². The number of nitrogens with one attached hydrogen (secondary N) is 3. The number of fused-ring (bicyclic) bond motifs is 1. The van der Waals surface area contributed by atoms with Gasteiger partial charge >= 0.3 is 0 Å². The second-order valence-electron chi connectivity index (χ2n) is 6.94. The van der Waals surface area contributed by atoms with E-state index in [2.05, 4.69) is 25.8 Å². The summed E-state index contributed by atoms with van der Waals surface area (Å²) in [4.78, 5) is 30.5. The summed E-state index contributed by atoms with van der Waals surface area (Å²) < 4.78 is 0. The number of carbonyl (C=O) groups is 1. The Morgan fingerprint density at radius 3 is 2.77 bits per heavy atom. The molecule has 30 heavy (non-hydrogen) atoms. The molecule has 0 bridgehead atoms. The van der Waals surface area contributed by atoms with Gasteiger partial charge in [0, 0.05) is 24.4 Å². The van der Waals surface area contributed by atoms with Gasteiger partial charge in [0.15, 0.2) is 5.78 Å². The lowest BCUT2D eigenvalue weighted by molar-refractivity contribution is -0.383. The number of rotatable bonds is 6. The van der Waals surface area contributed by atoms with Crippen LogP contribution >= 0.6 is 0 Å². The number of hydrogen-bond acceptors (Lipinski definition) is 7. The molecule has 0 amide bonds. The van der Waals surface area contributed by atoms with Crippen LogP contribution in [0.5, 0.6) is 0 Å². The summed E-state index contributed by atoms with van der Waals surface area (Å²) in [5.41, 5.74) is 6.14. The third kappa shape index (κ3) is 4.04. The number of Topliss-reactive ketones (excluding diaryl/α,β-unsaturated/α-hetero) is 1. The van der Waals surface area contributed by atoms with Gasteiger partial charge in [0.1, 0.15) is 5.52 Å². The van der Waals surface area contributed by atoms with E-state index in [9.17, 15) is 14.9 Å². The number of hydrazone groups is 1. The van der Waals surface area contributed by atoms with Crippen molar-refractivity contribution in [3.8, 4) is 0 Å². The minimum atomic E-state index is -0.458. The molecule has 0 fully saturated rings. The first-order valence-corrected chi connectivity index (χ1v) is 9.48. The molecule has 0 aliphatic carbocycles. The Balaban J connectivity index is 1.46. The monoisotopic (exact) mass is 404 g/mol. The quantitative estimate of drug-likeness (QED) is 0.252. The second kappa shape index (κ2) is 8.16. The predicted molar refractivity (Wildman–Crippen MR) is 115 cm³/mol. The van der Waals surface area contributed by atoms with Crippen molar-refractivity contribution in [2.24, 2.45) is 10.1 Å². The third-order valence-electron chi connectivity index (χ3n) is 4.87. The van der Waals surface area contributed by atoms with Crippen molar-refractivity contribution in [3.63, 3.8) is 0 Å². The van der Waals surface area contributed by atoms with Crippen LogP contribution in [0.3, 0.4) is 0 Å². The number of nitro benzene ring substituents is 1. The van der Waals surface area contributed by atoms with E-state index in [0.717, 1.165) is 29.9 Å². The lowest BCUT2D eigenvalue weighted by Gasteiger charge is -2.05. The van der Waals surface area contributed by atoms with Gasteiger partial charge in [0.05, 0.1) is 22.9 Å². The number of hydrogen-bond donors (Lipinski definition) is 3. The van der Waals surface area contributed by atoms with Crippen LogP contribution in [0, 0.1) is 10.1 Å². The SMILES string of the molecule is C/C(=N\NC1=NCCN1)c1ccc(CC(=O)c2cc3cccc([N+](=O)[O-])c3[nH]2)cc1. The van der Waals surface area contributed by atoms with Crippen molar-refractivity contribution in [2.45, 2.75) is 13.3 Å². The van der Waals surface area contributed by atoms with Crippen molar-refractivity contribution >= 4 is 34.0 Å². The first-order chi connectivity index (χ1) is 14.5. The minimum Gasteiger partial charge on any atom is -0.353 e. The van der Waals surface area contributed by atoms with E-state index in [1.54, 1.807) is 18.2 Å². The van der Waals surface area contributed by atoms with Crippen LogP contribution in [0.15, 0.2) is 58.6 Å². The Hall–Kier alpha value is -4.01. The van der Waals surface area contributed by atoms with Gasteiger partial charge in [-0.15, -0.1) is 0 Å². The number of non-ortho nitro benzene ring substituents is 1. The average Bonchev–Trinajstić information content (AvgIpc) is 3.41. The molecule has 0 radical (unpaired) electrons. The van der Waals surface area contributed by atoms with E-state index in [4.69, 9.17) is 0 Å². The molecule has 0 unspecified atom stereocenters. The molecular formula is C21H20N6O3. The second-order valence-corrected chi connectivity index (χ2v) is 6.94. The van der Waals surface area contributed by atoms with Gasteiger partial charge in [-0.05, 0) is 24.1 Å². The molecule has 9 heteroatoms. The lowest BCUT2D eigenvalue weighted by Crippen LogP contribution is -2.30. The van der Waals surface area contributed by atoms with Crippen LogP contribution in [-0.4, -0.2) is 40.5 Å². The fourth-order valence-corrected chi connectivity index (χ4v) is 3.26. The van der Waals surface area contributed by atoms with Gasteiger partial charge in [-0.25, -0.2) is 10.4 Å². The van der Waals surface area contributed by atoms with Crippen LogP contribution in [0.4, 0.5) is 5.69 Å². The van der Waals surface area contributed by atoms with Crippen LogP contribution < -0.4 is 10.7 Å². The normalized spacial score (nSPS) is 13.8. The first kappa shape index (κ1) is 19.3. The van der Waals surface area contributed by atoms with Crippen molar-refractivity contribution in [3.05, 3.63) is 75.5 Å². The summed E-state index contributed by atoms with van der Waals surface area (Å²) in [6, 6.07) is 14.0. The number of aromatic nitrogens is 1. The highest BCUT2D eigenvalue weighted by Gasteiger charge is 2.17. The van der Waals surface area contributed by atoms with Gasteiger partial charge in [-0.2, -0.15) is 5.10 Å². The molecule has 152 valence electrons. The Bertz CT molecular complexity index is 1180. The number of ketones is 1. The molecule has 0 saturated carbocycles. The number of H-pyrrole nitrogens is 1. The Labute approximate surface area is 172 Å². The molecule has 0 atom stereocenters. The summed E-state index contributed by atoms with van der Waals surface area (Å²) in [5, 5.41) is 19.2. The van der Waals surface area contributed by atoms with Gasteiger partial charge in [-0.3, -0.25) is 14.9 Å². The molecule has 9 nitrogen and oxygen atoms in total. The number of nitrogens with zero attached hydrogens (tertiary/aromatic N) is 3. The molecule has 0 spiro atoms. The van der Waals surface area contributed by atoms with Crippen molar-refractivity contribution in [1.29, 1.82) is 0 Å². The third-order valence-corrected chi connectivity index (χ3v) is 4.87. The molecule has 3 aromatic rings. The zero-order valence-corrected chi connectivity index (χ0v) is 16.3. The Morgan fingerprint density at radius 1 is 1.27 bits per heavy atom. The standard InChI is InChI=1S/C21H20N6O3/c1-13(25-26-21-22-9-10-23-21)15-7-5-14(6-8-15)11-19(28)17-12-16-3-2-4-18(27(29)30)20(16)24-17/h2-8,12,24H,9-11H2,1H3,(H2,22,23,26)/b25-13+. The maximum atomic E-state index is 12.7. The number of carbonyl (C=O) groups excluding carboxylic acids is 1. The fraction of sp³-hybridized carbons (Fsp3) is 0.190. The molecule has 3 N–H and O–H groups in total. The number of aliphatic imine (C=N–C) groups is 1. The van der Waals surface area contributed by atoms with E-state index in [-0.39, 0.29) is 17.9 Å². The van der Waals surface area contributed by atoms with E-state index >= 15 is 0 Å². The van der Waals surface area contributed by atoms with Gasteiger partial charge in [-0.1, -0.05) is 36.4 Å². The van der Waals surface area contributed by atoms with Gasteiger partial charge in [0.25, 0.3) is 5.69 Å². The summed E-state index contributed by atoms with van der Waals surface area (Å²) in [7, 11) is 0. The van der Waals surface area contributed by atoms with Gasteiger partial charge in [0.2, 0.25) is 5.96 Å². The number of guanidine groups is 1. The summed E-state index contributed by atoms with van der Waals surface area (Å²) in [5.74, 6) is 0.528.